The zero-order valence-electron chi connectivity index (χ0n) is 29.3. The molecule has 0 amide bonds. The van der Waals surface area contributed by atoms with Crippen LogP contribution < -0.4 is 9.47 Å². The van der Waals surface area contributed by atoms with Gasteiger partial charge >= 0.3 is 11.9 Å². The molecule has 0 heterocycles. The first kappa shape index (κ1) is 36.7. The van der Waals surface area contributed by atoms with E-state index in [0.29, 0.717) is 17.9 Å². The normalized spacial score (nSPS) is 11.7. The second-order valence-electron chi connectivity index (χ2n) is 12.9. The summed E-state index contributed by atoms with van der Waals surface area (Å²) in [6, 6.07) is 27.0. The summed E-state index contributed by atoms with van der Waals surface area (Å²) in [6.45, 7) is 7.51. The van der Waals surface area contributed by atoms with Gasteiger partial charge in [0.25, 0.3) is 0 Å². The molecule has 0 N–H and O–H groups in total. The Morgan fingerprint density at radius 2 is 1.08 bits per heavy atom. The first-order valence-corrected chi connectivity index (χ1v) is 18.2. The van der Waals surface area contributed by atoms with Crippen molar-refractivity contribution >= 4 is 22.7 Å². The van der Waals surface area contributed by atoms with Crippen molar-refractivity contribution in [3.63, 3.8) is 0 Å². The Kier molecular flexibility index (Phi) is 15.5. The molecule has 0 spiro atoms. The number of fused-ring (bicyclic) bond motifs is 1. The molecule has 0 saturated carbocycles. The number of rotatable bonds is 21. The van der Waals surface area contributed by atoms with E-state index in [0.717, 1.165) is 71.9 Å². The molecule has 256 valence electrons. The molecule has 5 heteroatoms. The highest BCUT2D eigenvalue weighted by Crippen LogP contribution is 2.27. The molecule has 5 nitrogen and oxygen atoms in total. The van der Waals surface area contributed by atoms with E-state index < -0.39 is 5.97 Å². The molecule has 0 unspecified atom stereocenters. The van der Waals surface area contributed by atoms with Crippen LogP contribution in [0, 0.1) is 0 Å². The summed E-state index contributed by atoms with van der Waals surface area (Å²) < 4.78 is 17.2. The maximum absolute atomic E-state index is 13.0. The second kappa shape index (κ2) is 20.3. The molecule has 48 heavy (non-hydrogen) atoms. The molecule has 4 rings (SSSR count). The molecule has 0 fully saturated rings. The SMILES string of the molecule is CCCCCCCCCCCOc1ccc(-c2ccc(C(=O)Oc3ccc4cc([C@H](C)C(=O)OCCCCCC)ccc4c3)cc2)cc1. The molecule has 4 aromatic carbocycles. The number of unbranched alkanes of at least 4 members (excludes halogenated alkanes) is 11. The van der Waals surface area contributed by atoms with Gasteiger partial charge in [0.05, 0.1) is 24.7 Å². The highest BCUT2D eigenvalue weighted by molar-refractivity contribution is 5.93. The first-order chi connectivity index (χ1) is 23.5. The van der Waals surface area contributed by atoms with Crippen LogP contribution in [0.2, 0.25) is 0 Å². The molecule has 0 aromatic heterocycles. The van der Waals surface area contributed by atoms with E-state index in [1.54, 1.807) is 18.2 Å². The zero-order valence-corrected chi connectivity index (χ0v) is 29.3. The van der Waals surface area contributed by atoms with Crippen LogP contribution in [-0.2, 0) is 9.53 Å². The van der Waals surface area contributed by atoms with Gasteiger partial charge < -0.3 is 14.2 Å². The van der Waals surface area contributed by atoms with Crippen LogP contribution in [-0.4, -0.2) is 25.2 Å². The van der Waals surface area contributed by atoms with Gasteiger partial charge in [-0.15, -0.1) is 0 Å². The maximum Gasteiger partial charge on any atom is 0.343 e. The summed E-state index contributed by atoms with van der Waals surface area (Å²) in [7, 11) is 0. The van der Waals surface area contributed by atoms with Gasteiger partial charge in [0.1, 0.15) is 11.5 Å². The van der Waals surface area contributed by atoms with Gasteiger partial charge in [-0.25, -0.2) is 4.79 Å². The van der Waals surface area contributed by atoms with Gasteiger partial charge in [0.2, 0.25) is 0 Å². The molecule has 0 saturated heterocycles. The minimum Gasteiger partial charge on any atom is -0.494 e. The third-order valence-corrected chi connectivity index (χ3v) is 8.97. The molecule has 4 aromatic rings. The molecular weight excluding hydrogens is 596 g/mol. The average molecular weight is 651 g/mol. The predicted octanol–water partition coefficient (Wildman–Crippen LogP) is 11.9. The summed E-state index contributed by atoms with van der Waals surface area (Å²) in [5.41, 5.74) is 3.47. The Bertz CT molecular complexity index is 1540. The van der Waals surface area contributed by atoms with Crippen molar-refractivity contribution in [2.45, 2.75) is 110 Å². The minimum atomic E-state index is -0.409. The van der Waals surface area contributed by atoms with Gasteiger partial charge in [-0.3, -0.25) is 4.79 Å². The average Bonchev–Trinajstić information content (AvgIpc) is 3.12. The standard InChI is InChI=1S/C43H54O5/c1-4-6-8-10-11-12-13-14-16-29-46-40-26-23-35(24-27-40)34-17-19-36(20-18-34)43(45)48-41-28-25-38-31-37(21-22-39(38)32-41)33(3)42(44)47-30-15-9-7-5-2/h17-28,31-33H,4-16,29-30H2,1-3H3/t33-/m0/s1. The summed E-state index contributed by atoms with van der Waals surface area (Å²) in [6.07, 6.45) is 16.0. The van der Waals surface area contributed by atoms with Crippen molar-refractivity contribution in [2.24, 2.45) is 0 Å². The number of hydrogen-bond donors (Lipinski definition) is 0. The van der Waals surface area contributed by atoms with Crippen molar-refractivity contribution in [3.05, 3.63) is 96.1 Å². The quantitative estimate of drug-likeness (QED) is 0.0510. The molecule has 1 atom stereocenters. The van der Waals surface area contributed by atoms with E-state index in [4.69, 9.17) is 14.2 Å². The van der Waals surface area contributed by atoms with Crippen LogP contribution in [0.5, 0.6) is 11.5 Å². The molecule has 0 aliphatic heterocycles. The third-order valence-electron chi connectivity index (χ3n) is 8.97. The van der Waals surface area contributed by atoms with Crippen molar-refractivity contribution in [1.82, 2.24) is 0 Å². The van der Waals surface area contributed by atoms with Crippen molar-refractivity contribution in [3.8, 4) is 22.6 Å². The van der Waals surface area contributed by atoms with Crippen LogP contribution in [0.25, 0.3) is 21.9 Å². The largest absolute Gasteiger partial charge is 0.494 e. The number of esters is 2. The number of carbonyl (C=O) groups is 2. The van der Waals surface area contributed by atoms with Crippen molar-refractivity contribution < 1.29 is 23.8 Å². The van der Waals surface area contributed by atoms with Crippen LogP contribution in [0.15, 0.2) is 84.9 Å². The number of carbonyl (C=O) groups excluding carboxylic acids is 2. The Morgan fingerprint density at radius 3 is 1.75 bits per heavy atom. The second-order valence-corrected chi connectivity index (χ2v) is 12.9. The molecule has 0 radical (unpaired) electrons. The van der Waals surface area contributed by atoms with Crippen molar-refractivity contribution in [2.75, 3.05) is 13.2 Å². The van der Waals surface area contributed by atoms with Gasteiger partial charge in [0, 0.05) is 0 Å². The number of benzene rings is 4. The number of hydrogen-bond acceptors (Lipinski definition) is 5. The van der Waals surface area contributed by atoms with E-state index >= 15 is 0 Å². The Labute approximate surface area is 288 Å². The fourth-order valence-electron chi connectivity index (χ4n) is 5.85. The zero-order chi connectivity index (χ0) is 34.0. The van der Waals surface area contributed by atoms with E-state index in [1.165, 1.54) is 51.4 Å². The monoisotopic (exact) mass is 650 g/mol. The van der Waals surface area contributed by atoms with Gasteiger partial charge in [0.15, 0.2) is 0 Å². The Hall–Kier alpha value is -4.12. The van der Waals surface area contributed by atoms with Gasteiger partial charge in [-0.2, -0.15) is 0 Å². The lowest BCUT2D eigenvalue weighted by Crippen LogP contribution is -2.14. The predicted molar refractivity (Wildman–Crippen MR) is 197 cm³/mol. The maximum atomic E-state index is 13.0. The Morgan fingerprint density at radius 1 is 0.562 bits per heavy atom. The minimum absolute atomic E-state index is 0.201. The lowest BCUT2D eigenvalue weighted by Gasteiger charge is -2.13. The summed E-state index contributed by atoms with van der Waals surface area (Å²) in [4.78, 5) is 25.5. The summed E-state index contributed by atoms with van der Waals surface area (Å²) in [5, 5.41) is 1.90. The van der Waals surface area contributed by atoms with Gasteiger partial charge in [-0.05, 0) is 83.6 Å². The fourth-order valence-corrected chi connectivity index (χ4v) is 5.85. The van der Waals surface area contributed by atoms with E-state index in [-0.39, 0.29) is 11.9 Å². The summed E-state index contributed by atoms with van der Waals surface area (Å²) >= 11 is 0. The van der Waals surface area contributed by atoms with E-state index in [1.807, 2.05) is 61.5 Å². The van der Waals surface area contributed by atoms with Crippen LogP contribution >= 0.6 is 0 Å². The van der Waals surface area contributed by atoms with Crippen LogP contribution in [0.4, 0.5) is 0 Å². The fraction of sp³-hybridized carbons (Fsp3) is 0.442. The smallest absolute Gasteiger partial charge is 0.343 e. The lowest BCUT2D eigenvalue weighted by atomic mass is 9.98. The summed E-state index contributed by atoms with van der Waals surface area (Å²) in [5.74, 6) is 0.403. The highest BCUT2D eigenvalue weighted by Gasteiger charge is 2.17. The third kappa shape index (κ3) is 11.8. The van der Waals surface area contributed by atoms with E-state index in [2.05, 4.69) is 26.0 Å². The molecule has 0 bridgehead atoms. The molecule has 0 aliphatic rings. The first-order valence-electron chi connectivity index (χ1n) is 18.2. The Balaban J connectivity index is 1.22. The molecule has 0 aliphatic carbocycles. The van der Waals surface area contributed by atoms with Gasteiger partial charge in [-0.1, -0.05) is 133 Å². The van der Waals surface area contributed by atoms with E-state index in [9.17, 15) is 9.59 Å². The van der Waals surface area contributed by atoms with Crippen LogP contribution in [0.3, 0.4) is 0 Å². The molecular formula is C43H54O5. The number of ether oxygens (including phenoxy) is 3. The van der Waals surface area contributed by atoms with Crippen LogP contribution in [0.1, 0.15) is 126 Å². The van der Waals surface area contributed by atoms with Crippen molar-refractivity contribution in [1.29, 1.82) is 0 Å². The topological polar surface area (TPSA) is 61.8 Å². The highest BCUT2D eigenvalue weighted by atomic mass is 16.5. The lowest BCUT2D eigenvalue weighted by molar-refractivity contribution is -0.145.